The number of morpholine rings is 1. The van der Waals surface area contributed by atoms with Gasteiger partial charge in [0.25, 0.3) is 0 Å². The Morgan fingerprint density at radius 3 is 2.60 bits per heavy atom. The quantitative estimate of drug-likeness (QED) is 0.894. The zero-order valence-corrected chi connectivity index (χ0v) is 13.3. The number of rotatable bonds is 5. The molecule has 1 aliphatic rings. The summed E-state index contributed by atoms with van der Waals surface area (Å²) in [6, 6.07) is 5.08. The average Bonchev–Trinajstić information content (AvgIpc) is 2.41. The van der Waals surface area contributed by atoms with Crippen molar-refractivity contribution in [2.75, 3.05) is 32.8 Å². The summed E-state index contributed by atoms with van der Waals surface area (Å²) in [5, 5.41) is 3.45. The van der Waals surface area contributed by atoms with Crippen LogP contribution in [0, 0.1) is 20.8 Å². The molecular formula is C17H28N2O. The highest BCUT2D eigenvalue weighted by atomic mass is 16.5. The fourth-order valence-corrected chi connectivity index (χ4v) is 3.06. The summed E-state index contributed by atoms with van der Waals surface area (Å²) in [7, 11) is 0. The third-order valence-electron chi connectivity index (χ3n) is 4.18. The van der Waals surface area contributed by atoms with E-state index >= 15 is 0 Å². The van der Waals surface area contributed by atoms with Gasteiger partial charge >= 0.3 is 0 Å². The summed E-state index contributed by atoms with van der Waals surface area (Å²) in [5.41, 5.74) is 5.67. The Morgan fingerprint density at radius 2 is 1.95 bits per heavy atom. The second kappa shape index (κ2) is 7.21. The van der Waals surface area contributed by atoms with Crippen LogP contribution in [0.15, 0.2) is 12.1 Å². The first-order chi connectivity index (χ1) is 9.61. The van der Waals surface area contributed by atoms with Crippen molar-refractivity contribution >= 4 is 0 Å². The smallest absolute Gasteiger partial charge is 0.0635 e. The Balaban J connectivity index is 2.10. The van der Waals surface area contributed by atoms with Crippen LogP contribution < -0.4 is 5.32 Å². The molecule has 1 saturated heterocycles. The summed E-state index contributed by atoms with van der Waals surface area (Å²) in [6.45, 7) is 14.6. The fraction of sp³-hybridized carbons (Fsp3) is 0.647. The summed E-state index contributed by atoms with van der Waals surface area (Å²) >= 11 is 0. The molecule has 1 atom stereocenters. The molecule has 0 spiro atoms. The lowest BCUT2D eigenvalue weighted by molar-refractivity contribution is -0.0109. The highest BCUT2D eigenvalue weighted by Gasteiger charge is 2.23. The molecule has 1 fully saturated rings. The van der Waals surface area contributed by atoms with Crippen LogP contribution in [-0.4, -0.2) is 43.8 Å². The molecule has 2 rings (SSSR count). The van der Waals surface area contributed by atoms with E-state index in [-0.39, 0.29) is 0 Å². The molecular weight excluding hydrogens is 248 g/mol. The van der Waals surface area contributed by atoms with Crippen molar-refractivity contribution in [2.24, 2.45) is 0 Å². The molecule has 0 aromatic heterocycles. The monoisotopic (exact) mass is 276 g/mol. The second-order valence-electron chi connectivity index (χ2n) is 5.88. The molecule has 1 unspecified atom stereocenters. The zero-order valence-electron chi connectivity index (χ0n) is 13.3. The molecule has 1 aromatic rings. The summed E-state index contributed by atoms with van der Waals surface area (Å²) in [6.07, 6.45) is 0. The number of hydrogen-bond donors (Lipinski definition) is 1. The van der Waals surface area contributed by atoms with E-state index in [9.17, 15) is 0 Å². The van der Waals surface area contributed by atoms with Crippen molar-refractivity contribution in [3.8, 4) is 0 Å². The second-order valence-corrected chi connectivity index (χ2v) is 5.88. The van der Waals surface area contributed by atoms with Crippen molar-refractivity contribution in [1.82, 2.24) is 10.2 Å². The molecule has 3 nitrogen and oxygen atoms in total. The predicted octanol–water partition coefficient (Wildman–Crippen LogP) is 2.42. The van der Waals surface area contributed by atoms with E-state index in [1.54, 1.807) is 0 Å². The standard InChI is InChI=1S/C17H28N2O/c1-5-18-10-16-12-20-7-6-19(16)11-17-14(3)8-13(2)9-15(17)4/h8-9,16,18H,5-7,10-12H2,1-4H3. The highest BCUT2D eigenvalue weighted by Crippen LogP contribution is 2.20. The first-order valence-electron chi connectivity index (χ1n) is 7.71. The maximum atomic E-state index is 5.65. The maximum Gasteiger partial charge on any atom is 0.0635 e. The number of hydrogen-bond acceptors (Lipinski definition) is 3. The summed E-state index contributed by atoms with van der Waals surface area (Å²) in [5.74, 6) is 0. The van der Waals surface area contributed by atoms with E-state index in [0.717, 1.165) is 39.4 Å². The molecule has 0 amide bonds. The Hall–Kier alpha value is -0.900. The molecule has 1 heterocycles. The maximum absolute atomic E-state index is 5.65. The Morgan fingerprint density at radius 1 is 1.25 bits per heavy atom. The van der Waals surface area contributed by atoms with Crippen LogP contribution in [0.5, 0.6) is 0 Å². The number of nitrogens with one attached hydrogen (secondary N) is 1. The van der Waals surface area contributed by atoms with E-state index < -0.39 is 0 Å². The van der Waals surface area contributed by atoms with Gasteiger partial charge in [-0.2, -0.15) is 0 Å². The van der Waals surface area contributed by atoms with Crippen molar-refractivity contribution in [3.63, 3.8) is 0 Å². The van der Waals surface area contributed by atoms with Gasteiger partial charge in [0.05, 0.1) is 13.2 Å². The molecule has 0 aliphatic carbocycles. The Labute approximate surface area is 123 Å². The third-order valence-corrected chi connectivity index (χ3v) is 4.18. The van der Waals surface area contributed by atoms with Gasteiger partial charge in [0.15, 0.2) is 0 Å². The fourth-order valence-electron chi connectivity index (χ4n) is 3.06. The topological polar surface area (TPSA) is 24.5 Å². The number of nitrogens with zero attached hydrogens (tertiary/aromatic N) is 1. The van der Waals surface area contributed by atoms with E-state index in [1.165, 1.54) is 22.3 Å². The van der Waals surface area contributed by atoms with Crippen molar-refractivity contribution in [2.45, 2.75) is 40.3 Å². The Kier molecular flexibility index (Phi) is 5.58. The van der Waals surface area contributed by atoms with Crippen LogP contribution in [0.1, 0.15) is 29.2 Å². The van der Waals surface area contributed by atoms with Gasteiger partial charge < -0.3 is 10.1 Å². The van der Waals surface area contributed by atoms with Gasteiger partial charge in [0.1, 0.15) is 0 Å². The lowest BCUT2D eigenvalue weighted by Crippen LogP contribution is -2.50. The minimum absolute atomic E-state index is 0.490. The summed E-state index contributed by atoms with van der Waals surface area (Å²) in [4.78, 5) is 2.57. The first kappa shape index (κ1) is 15.5. The number of aryl methyl sites for hydroxylation is 3. The number of benzene rings is 1. The lowest BCUT2D eigenvalue weighted by atomic mass is 9.98. The van der Waals surface area contributed by atoms with Gasteiger partial charge in [0, 0.05) is 25.7 Å². The molecule has 1 N–H and O–H groups in total. The Bertz CT molecular complexity index is 422. The molecule has 20 heavy (non-hydrogen) atoms. The molecule has 0 saturated carbocycles. The minimum atomic E-state index is 0.490. The van der Waals surface area contributed by atoms with Crippen molar-refractivity contribution in [3.05, 3.63) is 34.4 Å². The van der Waals surface area contributed by atoms with Crippen molar-refractivity contribution in [1.29, 1.82) is 0 Å². The van der Waals surface area contributed by atoms with Gasteiger partial charge in [0.2, 0.25) is 0 Å². The average molecular weight is 276 g/mol. The molecule has 0 bridgehead atoms. The highest BCUT2D eigenvalue weighted by molar-refractivity contribution is 5.37. The van der Waals surface area contributed by atoms with Crippen molar-refractivity contribution < 1.29 is 4.74 Å². The largest absolute Gasteiger partial charge is 0.378 e. The van der Waals surface area contributed by atoms with Crippen LogP contribution in [0.4, 0.5) is 0 Å². The third kappa shape index (κ3) is 3.81. The van der Waals surface area contributed by atoms with Gasteiger partial charge in [-0.15, -0.1) is 0 Å². The first-order valence-corrected chi connectivity index (χ1v) is 7.71. The van der Waals surface area contributed by atoms with Gasteiger partial charge in [-0.05, 0) is 44.0 Å². The van der Waals surface area contributed by atoms with Gasteiger partial charge in [-0.1, -0.05) is 24.6 Å². The molecule has 1 aromatic carbocycles. The van der Waals surface area contributed by atoms with Crippen LogP contribution >= 0.6 is 0 Å². The van der Waals surface area contributed by atoms with Gasteiger partial charge in [-0.25, -0.2) is 0 Å². The molecule has 1 aliphatic heterocycles. The van der Waals surface area contributed by atoms with Gasteiger partial charge in [-0.3, -0.25) is 4.90 Å². The zero-order chi connectivity index (χ0) is 14.5. The number of likely N-dealkylation sites (N-methyl/N-ethyl adjacent to an activating group) is 1. The molecule has 3 heteroatoms. The van der Waals surface area contributed by atoms with Crippen LogP contribution in [0.3, 0.4) is 0 Å². The summed E-state index contributed by atoms with van der Waals surface area (Å²) < 4.78 is 5.65. The van der Waals surface area contributed by atoms with Crippen LogP contribution in [0.25, 0.3) is 0 Å². The lowest BCUT2D eigenvalue weighted by Gasteiger charge is -2.36. The van der Waals surface area contributed by atoms with Crippen LogP contribution in [-0.2, 0) is 11.3 Å². The molecule has 112 valence electrons. The minimum Gasteiger partial charge on any atom is -0.378 e. The van der Waals surface area contributed by atoms with E-state index in [1.807, 2.05) is 0 Å². The van der Waals surface area contributed by atoms with E-state index in [4.69, 9.17) is 4.74 Å². The van der Waals surface area contributed by atoms with Crippen LogP contribution in [0.2, 0.25) is 0 Å². The number of ether oxygens (including phenoxy) is 1. The SMILES string of the molecule is CCNCC1COCCN1Cc1c(C)cc(C)cc1C. The molecule has 0 radical (unpaired) electrons. The predicted molar refractivity (Wildman–Crippen MR) is 84.2 cm³/mol. The normalized spacial score (nSPS) is 20.3. The van der Waals surface area contributed by atoms with E-state index in [2.05, 4.69) is 50.0 Å². The van der Waals surface area contributed by atoms with E-state index in [0.29, 0.717) is 6.04 Å².